The van der Waals surface area contributed by atoms with Gasteiger partial charge < -0.3 is 5.73 Å². The Balaban J connectivity index is 2.90. The van der Waals surface area contributed by atoms with E-state index >= 15 is 0 Å². The van der Waals surface area contributed by atoms with Gasteiger partial charge in [0.2, 0.25) is 0 Å². The first-order chi connectivity index (χ1) is 7.86. The maximum Gasteiger partial charge on any atom is 0.157 e. The van der Waals surface area contributed by atoms with Crippen molar-refractivity contribution >= 4 is 21.4 Å². The Morgan fingerprint density at radius 1 is 1.47 bits per heavy atom. The zero-order chi connectivity index (χ0) is 13.1. The Morgan fingerprint density at radius 3 is 2.65 bits per heavy atom. The van der Waals surface area contributed by atoms with Crippen LogP contribution in [0.1, 0.15) is 18.9 Å². The van der Waals surface area contributed by atoms with Crippen LogP contribution in [-0.2, 0) is 15.6 Å². The molecule has 2 N–H and O–H groups in total. The van der Waals surface area contributed by atoms with Gasteiger partial charge in [-0.05, 0) is 32.0 Å². The molecular weight excluding hydrogens is 265 g/mol. The summed E-state index contributed by atoms with van der Waals surface area (Å²) in [6, 6.07) is 3.98. The molecule has 0 aliphatic carbocycles. The van der Waals surface area contributed by atoms with Gasteiger partial charge in [-0.3, -0.25) is 0 Å². The third-order valence-corrected chi connectivity index (χ3v) is 4.97. The minimum Gasteiger partial charge on any atom is -0.330 e. The first-order valence-corrected chi connectivity index (χ1v) is 7.31. The van der Waals surface area contributed by atoms with Crippen molar-refractivity contribution in [3.05, 3.63) is 34.6 Å². The van der Waals surface area contributed by atoms with Crippen LogP contribution in [0.3, 0.4) is 0 Å². The van der Waals surface area contributed by atoms with Gasteiger partial charge in [0.25, 0.3) is 0 Å². The molecule has 1 aromatic carbocycles. The van der Waals surface area contributed by atoms with E-state index in [4.69, 9.17) is 17.3 Å². The molecule has 96 valence electrons. The van der Waals surface area contributed by atoms with Gasteiger partial charge in [-0.1, -0.05) is 17.7 Å². The zero-order valence-corrected chi connectivity index (χ0v) is 11.1. The fourth-order valence-electron chi connectivity index (χ4n) is 1.41. The molecule has 1 aromatic rings. The molecule has 3 nitrogen and oxygen atoms in total. The molecule has 0 heterocycles. The van der Waals surface area contributed by atoms with Crippen molar-refractivity contribution in [3.8, 4) is 0 Å². The second kappa shape index (κ2) is 5.80. The van der Waals surface area contributed by atoms with E-state index in [1.165, 1.54) is 12.1 Å². The van der Waals surface area contributed by atoms with Crippen molar-refractivity contribution in [2.45, 2.75) is 24.3 Å². The van der Waals surface area contributed by atoms with E-state index < -0.39 is 20.9 Å². The SMILES string of the molecule is CC(CCN)S(=O)(=O)Cc1ccc(Cl)cc1F. The predicted molar refractivity (Wildman–Crippen MR) is 67.2 cm³/mol. The number of hydrogen-bond acceptors (Lipinski definition) is 3. The highest BCUT2D eigenvalue weighted by Gasteiger charge is 2.22. The summed E-state index contributed by atoms with van der Waals surface area (Å²) in [7, 11) is -3.37. The number of halogens is 2. The molecule has 0 aromatic heterocycles. The minimum atomic E-state index is -3.37. The van der Waals surface area contributed by atoms with Gasteiger partial charge in [-0.15, -0.1) is 0 Å². The van der Waals surface area contributed by atoms with E-state index in [1.54, 1.807) is 6.92 Å². The van der Waals surface area contributed by atoms with Crippen LogP contribution in [0, 0.1) is 5.82 Å². The quantitative estimate of drug-likeness (QED) is 0.898. The van der Waals surface area contributed by atoms with Crippen LogP contribution in [-0.4, -0.2) is 20.2 Å². The Kier molecular flexibility index (Phi) is 4.91. The highest BCUT2D eigenvalue weighted by Crippen LogP contribution is 2.19. The van der Waals surface area contributed by atoms with Crippen LogP contribution < -0.4 is 5.73 Å². The van der Waals surface area contributed by atoms with Crippen molar-refractivity contribution in [3.63, 3.8) is 0 Å². The summed E-state index contributed by atoms with van der Waals surface area (Å²) in [5.74, 6) is -0.919. The average molecular weight is 280 g/mol. The molecule has 0 radical (unpaired) electrons. The van der Waals surface area contributed by atoms with Gasteiger partial charge in [-0.2, -0.15) is 0 Å². The number of rotatable bonds is 5. The summed E-state index contributed by atoms with van der Waals surface area (Å²) >= 11 is 5.59. The monoisotopic (exact) mass is 279 g/mol. The van der Waals surface area contributed by atoms with Gasteiger partial charge in [0, 0.05) is 10.6 Å². The standard InChI is InChI=1S/C11H15ClFNO2S/c1-8(4-5-14)17(15,16)7-9-2-3-10(12)6-11(9)13/h2-3,6,8H,4-5,7,14H2,1H3. The third kappa shape index (κ3) is 3.94. The van der Waals surface area contributed by atoms with E-state index in [2.05, 4.69) is 0 Å². The van der Waals surface area contributed by atoms with E-state index in [0.29, 0.717) is 13.0 Å². The van der Waals surface area contributed by atoms with E-state index in [1.807, 2.05) is 0 Å². The second-order valence-corrected chi connectivity index (χ2v) is 6.79. The minimum absolute atomic E-state index is 0.137. The topological polar surface area (TPSA) is 60.2 Å². The Hall–Kier alpha value is -0.650. The Morgan fingerprint density at radius 2 is 2.12 bits per heavy atom. The summed E-state index contributed by atoms with van der Waals surface area (Å²) in [5, 5.41) is -0.318. The lowest BCUT2D eigenvalue weighted by molar-refractivity contribution is 0.572. The fourth-order valence-corrected chi connectivity index (χ4v) is 3.02. The number of hydrogen-bond donors (Lipinski definition) is 1. The van der Waals surface area contributed by atoms with Crippen LogP contribution in [0.25, 0.3) is 0 Å². The molecule has 1 unspecified atom stereocenters. The molecule has 1 atom stereocenters. The largest absolute Gasteiger partial charge is 0.330 e. The summed E-state index contributed by atoms with van der Waals surface area (Å²) in [6.07, 6.45) is 0.373. The Bertz CT molecular complexity index is 490. The van der Waals surface area contributed by atoms with Crippen LogP contribution in [0.4, 0.5) is 4.39 Å². The van der Waals surface area contributed by atoms with Crippen molar-refractivity contribution in [2.24, 2.45) is 5.73 Å². The van der Waals surface area contributed by atoms with Gasteiger partial charge in [0.1, 0.15) is 5.82 Å². The lowest BCUT2D eigenvalue weighted by Crippen LogP contribution is -2.23. The van der Waals surface area contributed by atoms with Crippen LogP contribution in [0.2, 0.25) is 5.02 Å². The lowest BCUT2D eigenvalue weighted by Gasteiger charge is -2.12. The summed E-state index contributed by atoms with van der Waals surface area (Å²) in [4.78, 5) is 0. The Labute approximate surface area is 106 Å². The normalized spacial score (nSPS) is 13.6. The predicted octanol–water partition coefficient (Wildman–Crippen LogP) is 2.13. The van der Waals surface area contributed by atoms with Gasteiger partial charge in [0.05, 0.1) is 11.0 Å². The fraction of sp³-hybridized carbons (Fsp3) is 0.455. The van der Waals surface area contributed by atoms with Crippen molar-refractivity contribution < 1.29 is 12.8 Å². The van der Waals surface area contributed by atoms with Gasteiger partial charge >= 0.3 is 0 Å². The molecule has 1 rings (SSSR count). The molecule has 0 spiro atoms. The molecule has 0 bridgehead atoms. The second-order valence-electron chi connectivity index (χ2n) is 3.93. The number of sulfone groups is 1. The molecule has 0 saturated heterocycles. The molecule has 17 heavy (non-hydrogen) atoms. The van der Waals surface area contributed by atoms with Crippen LogP contribution in [0.5, 0.6) is 0 Å². The molecule has 0 fully saturated rings. The molecular formula is C11H15ClFNO2S. The molecule has 0 saturated carbocycles. The first kappa shape index (κ1) is 14.4. The van der Waals surface area contributed by atoms with Crippen molar-refractivity contribution in [1.29, 1.82) is 0 Å². The summed E-state index contributed by atoms with van der Waals surface area (Å²) in [6.45, 7) is 1.87. The number of benzene rings is 1. The van der Waals surface area contributed by atoms with Gasteiger partial charge in [-0.25, -0.2) is 12.8 Å². The maximum atomic E-state index is 13.5. The summed E-state index contributed by atoms with van der Waals surface area (Å²) in [5.41, 5.74) is 5.45. The van der Waals surface area contributed by atoms with E-state index in [9.17, 15) is 12.8 Å². The maximum absolute atomic E-state index is 13.5. The van der Waals surface area contributed by atoms with Crippen LogP contribution >= 0.6 is 11.6 Å². The van der Waals surface area contributed by atoms with Gasteiger partial charge in [0.15, 0.2) is 9.84 Å². The first-order valence-electron chi connectivity index (χ1n) is 5.22. The molecule has 0 amide bonds. The molecule has 0 aliphatic rings. The molecule has 0 aliphatic heterocycles. The molecule has 6 heteroatoms. The third-order valence-electron chi connectivity index (χ3n) is 2.56. The van der Waals surface area contributed by atoms with Crippen LogP contribution in [0.15, 0.2) is 18.2 Å². The van der Waals surface area contributed by atoms with E-state index in [0.717, 1.165) is 6.07 Å². The van der Waals surface area contributed by atoms with Crippen molar-refractivity contribution in [1.82, 2.24) is 0 Å². The van der Waals surface area contributed by atoms with E-state index in [-0.39, 0.29) is 16.3 Å². The highest BCUT2D eigenvalue weighted by atomic mass is 35.5. The smallest absolute Gasteiger partial charge is 0.157 e. The van der Waals surface area contributed by atoms with Crippen molar-refractivity contribution in [2.75, 3.05) is 6.54 Å². The zero-order valence-electron chi connectivity index (χ0n) is 9.49. The number of nitrogens with two attached hydrogens (primary N) is 1. The summed E-state index contributed by atoms with van der Waals surface area (Å²) < 4.78 is 37.2. The lowest BCUT2D eigenvalue weighted by atomic mass is 10.2. The average Bonchev–Trinajstić information content (AvgIpc) is 2.22. The highest BCUT2D eigenvalue weighted by molar-refractivity contribution is 7.91.